The fourth-order valence-corrected chi connectivity index (χ4v) is 4.63. The molecule has 0 bridgehead atoms. The molecular weight excluding hydrogens is 502 g/mol. The number of benzene rings is 2. The van der Waals surface area contributed by atoms with E-state index in [4.69, 9.17) is 4.74 Å². The van der Waals surface area contributed by atoms with Gasteiger partial charge in [0.25, 0.3) is 5.91 Å². The van der Waals surface area contributed by atoms with Crippen LogP contribution in [0.25, 0.3) is 10.9 Å². The Kier molecular flexibility index (Phi) is 7.19. The maximum absolute atomic E-state index is 12.8. The molecule has 40 heavy (non-hydrogen) atoms. The Hall–Kier alpha value is -5.02. The second kappa shape index (κ2) is 11.4. The van der Waals surface area contributed by atoms with Gasteiger partial charge in [-0.05, 0) is 79.7 Å². The fraction of sp³-hybridized carbons (Fsp3) is 0.161. The Morgan fingerprint density at radius 2 is 1.60 bits per heavy atom. The van der Waals surface area contributed by atoms with Crippen molar-refractivity contribution in [3.8, 4) is 0 Å². The molecule has 1 amide bonds. The van der Waals surface area contributed by atoms with Gasteiger partial charge in [-0.15, -0.1) is 0 Å². The highest BCUT2D eigenvalue weighted by Crippen LogP contribution is 2.29. The number of pyridine rings is 3. The lowest BCUT2D eigenvalue weighted by molar-refractivity contribution is 0.102. The van der Waals surface area contributed by atoms with Gasteiger partial charge in [-0.3, -0.25) is 14.8 Å². The summed E-state index contributed by atoms with van der Waals surface area (Å²) in [6, 6.07) is 23.2. The average molecular weight is 532 g/mol. The molecule has 9 nitrogen and oxygen atoms in total. The molecule has 0 radical (unpaired) electrons. The number of aryl methyl sites for hydroxylation is 1. The minimum absolute atomic E-state index is 0.228. The number of hydrogen-bond donors (Lipinski definition) is 3. The molecule has 0 saturated carbocycles. The zero-order chi connectivity index (χ0) is 27.3. The zero-order valence-corrected chi connectivity index (χ0v) is 22.1. The molecule has 2 aromatic carbocycles. The third-order valence-corrected chi connectivity index (χ3v) is 6.72. The van der Waals surface area contributed by atoms with Crippen LogP contribution in [-0.2, 0) is 4.74 Å². The highest BCUT2D eigenvalue weighted by atomic mass is 16.5. The van der Waals surface area contributed by atoms with Crippen molar-refractivity contribution in [3.05, 3.63) is 103 Å². The molecule has 0 unspecified atom stereocenters. The third kappa shape index (κ3) is 5.84. The van der Waals surface area contributed by atoms with Crippen LogP contribution in [0.15, 0.2) is 91.4 Å². The summed E-state index contributed by atoms with van der Waals surface area (Å²) in [7, 11) is 0. The van der Waals surface area contributed by atoms with Crippen LogP contribution in [0.3, 0.4) is 0 Å². The maximum atomic E-state index is 12.8. The summed E-state index contributed by atoms with van der Waals surface area (Å²) in [6.07, 6.45) is 5.12. The molecule has 3 aromatic heterocycles. The van der Waals surface area contributed by atoms with Crippen LogP contribution in [0.1, 0.15) is 16.1 Å². The van der Waals surface area contributed by atoms with Crippen LogP contribution in [0.2, 0.25) is 0 Å². The summed E-state index contributed by atoms with van der Waals surface area (Å²) in [5, 5.41) is 10.7. The van der Waals surface area contributed by atoms with E-state index in [9.17, 15) is 4.79 Å². The molecule has 1 fully saturated rings. The van der Waals surface area contributed by atoms with Gasteiger partial charge >= 0.3 is 0 Å². The first kappa shape index (κ1) is 25.3. The molecule has 5 aromatic rings. The second-order valence-corrected chi connectivity index (χ2v) is 9.56. The Morgan fingerprint density at radius 1 is 0.800 bits per heavy atom. The van der Waals surface area contributed by atoms with Crippen molar-refractivity contribution in [3.63, 3.8) is 0 Å². The Balaban J connectivity index is 1.11. The van der Waals surface area contributed by atoms with Crippen molar-refractivity contribution in [1.82, 2.24) is 15.0 Å². The summed E-state index contributed by atoms with van der Waals surface area (Å²) in [5.74, 6) is 0.414. The number of rotatable bonds is 7. The molecule has 0 atom stereocenters. The number of ether oxygens (including phenoxy) is 1. The number of nitrogens with zero attached hydrogens (tertiary/aromatic N) is 4. The molecular formula is C31H29N7O2. The SMILES string of the molecule is Cc1cc(Nc2ccc(NC(=O)c3ccc(Nc4ccnc5ccc(N6CCOCC6)cc45)nc3)cc2)ccn1. The normalized spacial score (nSPS) is 13.2. The van der Waals surface area contributed by atoms with Gasteiger partial charge in [0.05, 0.1) is 30.0 Å². The van der Waals surface area contributed by atoms with Gasteiger partial charge in [0.1, 0.15) is 5.82 Å². The molecule has 1 saturated heterocycles. The van der Waals surface area contributed by atoms with E-state index in [1.54, 1.807) is 30.7 Å². The minimum Gasteiger partial charge on any atom is -0.378 e. The summed E-state index contributed by atoms with van der Waals surface area (Å²) in [5.41, 5.74) is 6.93. The Labute approximate surface area is 232 Å². The van der Waals surface area contributed by atoms with E-state index >= 15 is 0 Å². The van der Waals surface area contributed by atoms with E-state index in [1.807, 2.05) is 55.5 Å². The minimum atomic E-state index is -0.228. The Morgan fingerprint density at radius 3 is 2.38 bits per heavy atom. The van der Waals surface area contributed by atoms with Crippen molar-refractivity contribution in [2.24, 2.45) is 0 Å². The van der Waals surface area contributed by atoms with Gasteiger partial charge in [0.2, 0.25) is 0 Å². The largest absolute Gasteiger partial charge is 0.378 e. The first-order valence-corrected chi connectivity index (χ1v) is 13.2. The van der Waals surface area contributed by atoms with Gasteiger partial charge in [-0.2, -0.15) is 0 Å². The number of morpholine rings is 1. The molecule has 0 aliphatic carbocycles. The third-order valence-electron chi connectivity index (χ3n) is 6.72. The molecule has 9 heteroatoms. The topological polar surface area (TPSA) is 104 Å². The highest BCUT2D eigenvalue weighted by molar-refractivity contribution is 6.04. The van der Waals surface area contributed by atoms with Crippen LogP contribution >= 0.6 is 0 Å². The van der Waals surface area contributed by atoms with Crippen LogP contribution in [0, 0.1) is 6.92 Å². The smallest absolute Gasteiger partial charge is 0.257 e. The van der Waals surface area contributed by atoms with E-state index in [1.165, 1.54) is 0 Å². The maximum Gasteiger partial charge on any atom is 0.257 e. The van der Waals surface area contributed by atoms with E-state index in [2.05, 4.69) is 47.9 Å². The predicted octanol–water partition coefficient (Wildman–Crippen LogP) is 5.91. The summed E-state index contributed by atoms with van der Waals surface area (Å²) in [4.78, 5) is 28.4. The van der Waals surface area contributed by atoms with Gasteiger partial charge in [0.15, 0.2) is 0 Å². The predicted molar refractivity (Wildman–Crippen MR) is 159 cm³/mol. The van der Waals surface area contributed by atoms with Crippen molar-refractivity contribution in [1.29, 1.82) is 0 Å². The van der Waals surface area contributed by atoms with Crippen molar-refractivity contribution < 1.29 is 9.53 Å². The van der Waals surface area contributed by atoms with Gasteiger partial charge in [0, 0.05) is 65.5 Å². The van der Waals surface area contributed by atoms with Gasteiger partial charge in [-0.25, -0.2) is 4.98 Å². The van der Waals surface area contributed by atoms with Crippen molar-refractivity contribution in [2.75, 3.05) is 47.2 Å². The van der Waals surface area contributed by atoms with Gasteiger partial charge in [-0.1, -0.05) is 0 Å². The van der Waals surface area contributed by atoms with Crippen molar-refractivity contribution >= 4 is 51.1 Å². The number of nitrogens with one attached hydrogen (secondary N) is 3. The number of anilines is 6. The molecule has 200 valence electrons. The lowest BCUT2D eigenvalue weighted by Gasteiger charge is -2.29. The van der Waals surface area contributed by atoms with E-state index < -0.39 is 0 Å². The molecule has 3 N–H and O–H groups in total. The summed E-state index contributed by atoms with van der Waals surface area (Å²) < 4.78 is 5.49. The summed E-state index contributed by atoms with van der Waals surface area (Å²) in [6.45, 7) is 5.14. The quantitative estimate of drug-likeness (QED) is 0.238. The second-order valence-electron chi connectivity index (χ2n) is 9.56. The zero-order valence-electron chi connectivity index (χ0n) is 22.1. The highest BCUT2D eigenvalue weighted by Gasteiger charge is 2.13. The van der Waals surface area contributed by atoms with Crippen molar-refractivity contribution in [2.45, 2.75) is 6.92 Å². The standard InChI is InChI=1S/C31H29N7O2/c1-21-18-25(10-12-32-21)35-23-3-5-24(6-4-23)36-31(39)22-2-9-30(34-20-22)37-29-11-13-33-28-8-7-26(19-27(28)29)38-14-16-40-17-15-38/h2-13,18-20H,14-17H2,1H3,(H,32,35)(H,36,39)(H,33,34,37). The monoisotopic (exact) mass is 531 g/mol. The number of hydrogen-bond acceptors (Lipinski definition) is 8. The van der Waals surface area contributed by atoms with Crippen LogP contribution < -0.4 is 20.9 Å². The Bertz CT molecular complexity index is 1630. The first-order valence-electron chi connectivity index (χ1n) is 13.2. The van der Waals surface area contributed by atoms with Crippen LogP contribution in [0.5, 0.6) is 0 Å². The van der Waals surface area contributed by atoms with E-state index in [0.29, 0.717) is 17.1 Å². The summed E-state index contributed by atoms with van der Waals surface area (Å²) >= 11 is 0. The molecule has 0 spiro atoms. The number of fused-ring (bicyclic) bond motifs is 1. The van der Waals surface area contributed by atoms with E-state index in [-0.39, 0.29) is 5.91 Å². The van der Waals surface area contributed by atoms with Crippen LogP contribution in [0.4, 0.5) is 34.3 Å². The molecule has 6 rings (SSSR count). The number of amides is 1. The molecule has 1 aliphatic rings. The first-order chi connectivity index (χ1) is 19.6. The van der Waals surface area contributed by atoms with Crippen LogP contribution in [-0.4, -0.2) is 47.2 Å². The van der Waals surface area contributed by atoms with E-state index in [0.717, 1.165) is 65.6 Å². The molecule has 4 heterocycles. The number of carbonyl (C=O) groups excluding carboxylic acids is 1. The number of carbonyl (C=O) groups is 1. The fourth-order valence-electron chi connectivity index (χ4n) is 4.63. The lowest BCUT2D eigenvalue weighted by Crippen LogP contribution is -2.36. The lowest BCUT2D eigenvalue weighted by atomic mass is 10.1. The molecule has 1 aliphatic heterocycles. The number of aromatic nitrogens is 3. The average Bonchev–Trinajstić information content (AvgIpc) is 2.99. The van der Waals surface area contributed by atoms with Gasteiger partial charge < -0.3 is 25.6 Å².